The molecule has 0 spiro atoms. The predicted molar refractivity (Wildman–Crippen MR) is 237 cm³/mol. The number of rotatable bonds is 7. The third-order valence-electron chi connectivity index (χ3n) is 13.5. The molecule has 312 valence electrons. The van der Waals surface area contributed by atoms with Gasteiger partial charge < -0.3 is 9.84 Å². The van der Waals surface area contributed by atoms with Crippen molar-refractivity contribution >= 4 is 85.5 Å². The molecule has 2 aliphatic heterocycles. The molecule has 4 aliphatic rings. The lowest BCUT2D eigenvalue weighted by Crippen LogP contribution is -2.49. The minimum absolute atomic E-state index is 0.00621. The molecule has 62 heavy (non-hydrogen) atoms. The summed E-state index contributed by atoms with van der Waals surface area (Å²) in [7, 11) is 3.09. The Morgan fingerprint density at radius 2 is 1.61 bits per heavy atom. The predicted octanol–water partition coefficient (Wildman–Crippen LogP) is 9.30. The van der Waals surface area contributed by atoms with Crippen LogP contribution < -0.4 is 14.5 Å². The highest BCUT2D eigenvalue weighted by Crippen LogP contribution is 2.64. The maximum absolute atomic E-state index is 15.3. The van der Waals surface area contributed by atoms with Gasteiger partial charge in [0.25, 0.3) is 0 Å². The van der Waals surface area contributed by atoms with E-state index in [4.69, 9.17) is 33.0 Å². The highest BCUT2D eigenvalue weighted by molar-refractivity contribution is 7.22. The van der Waals surface area contributed by atoms with E-state index in [0.717, 1.165) is 26.1 Å². The van der Waals surface area contributed by atoms with Crippen LogP contribution in [-0.2, 0) is 26.2 Å². The average molecular weight is 886 g/mol. The number of aryl methyl sites for hydroxylation is 2. The summed E-state index contributed by atoms with van der Waals surface area (Å²) in [4.78, 5) is 75.8. The number of ketones is 1. The van der Waals surface area contributed by atoms with E-state index < -0.39 is 52.7 Å². The minimum atomic E-state index is -1.39. The Kier molecular flexibility index (Phi) is 9.36. The van der Waals surface area contributed by atoms with Crippen LogP contribution in [0.4, 0.5) is 11.5 Å². The molecule has 2 saturated heterocycles. The number of hydrogen-bond donors (Lipinski definition) is 1. The lowest BCUT2D eigenvalue weighted by atomic mass is 9.51. The van der Waals surface area contributed by atoms with Gasteiger partial charge >= 0.3 is 0 Å². The number of fused-ring (bicyclic) bond motifs is 5. The van der Waals surface area contributed by atoms with Gasteiger partial charge in [0.15, 0.2) is 17.3 Å². The van der Waals surface area contributed by atoms with Crippen LogP contribution in [0.15, 0.2) is 103 Å². The summed E-state index contributed by atoms with van der Waals surface area (Å²) in [5.74, 6) is -5.63. The molecule has 1 saturated carbocycles. The van der Waals surface area contributed by atoms with Crippen molar-refractivity contribution in [2.45, 2.75) is 32.6 Å². The van der Waals surface area contributed by atoms with Crippen LogP contribution in [0.1, 0.15) is 52.7 Å². The fraction of sp³-hybridized carbons (Fsp3) is 0.250. The monoisotopic (exact) mass is 884 g/mol. The van der Waals surface area contributed by atoms with Gasteiger partial charge in [-0.3, -0.25) is 33.6 Å². The van der Waals surface area contributed by atoms with Gasteiger partial charge in [-0.1, -0.05) is 65.2 Å². The molecule has 0 bridgehead atoms. The van der Waals surface area contributed by atoms with Gasteiger partial charge in [-0.25, -0.2) is 4.90 Å². The van der Waals surface area contributed by atoms with Crippen LogP contribution >= 0.6 is 34.5 Å². The van der Waals surface area contributed by atoms with Crippen molar-refractivity contribution in [1.82, 2.24) is 9.78 Å². The van der Waals surface area contributed by atoms with Gasteiger partial charge in [0.2, 0.25) is 23.6 Å². The van der Waals surface area contributed by atoms with Crippen molar-refractivity contribution in [3.8, 4) is 22.1 Å². The second-order valence-electron chi connectivity index (χ2n) is 16.7. The number of carbonyl (C=O) groups is 5. The first-order chi connectivity index (χ1) is 29.7. The van der Waals surface area contributed by atoms with E-state index in [-0.39, 0.29) is 41.1 Å². The normalized spacial score (nSPS) is 24.4. The first kappa shape index (κ1) is 40.0. The van der Waals surface area contributed by atoms with E-state index in [2.05, 4.69) is 0 Å². The number of phenols is 1. The number of amides is 4. The molecule has 1 N–H and O–H groups in total. The topological polar surface area (TPSA) is 139 Å². The molecule has 14 heteroatoms. The number of halogens is 2. The molecular formula is C48H38Cl2N4O7S. The highest BCUT2D eigenvalue weighted by atomic mass is 35.5. The van der Waals surface area contributed by atoms with Gasteiger partial charge in [0.1, 0.15) is 11.5 Å². The molecular weight excluding hydrogens is 848 g/mol. The number of thiophene rings is 1. The van der Waals surface area contributed by atoms with Gasteiger partial charge in [-0.05, 0) is 104 Å². The van der Waals surface area contributed by atoms with E-state index in [1.807, 2.05) is 37.3 Å². The number of benzene rings is 4. The van der Waals surface area contributed by atoms with Crippen LogP contribution in [-0.4, -0.2) is 51.4 Å². The molecule has 0 unspecified atom stereocenters. The zero-order valence-corrected chi connectivity index (χ0v) is 36.2. The van der Waals surface area contributed by atoms with Crippen molar-refractivity contribution in [2.24, 2.45) is 36.1 Å². The summed E-state index contributed by atoms with van der Waals surface area (Å²) in [6.07, 6.45) is 2.29. The second-order valence-corrected chi connectivity index (χ2v) is 18.6. The summed E-state index contributed by atoms with van der Waals surface area (Å²) >= 11 is 14.5. The number of ether oxygens (including phenoxy) is 1. The molecule has 2 aromatic heterocycles. The number of aromatic hydroxyl groups is 1. The standard InChI is InChI=1S/C48H38Cl2N4O7S/c1-23-31-20-27(49)12-17-37(31)62-43(23)35-22-38(52(3)51-35)54-45(58)33-21-32-29(40(48(33,2)47(54)60)26-18-34(50)42(56)36(19-26)61-4)15-16-30-39(32)46(59)53(44(30)57)28-13-10-25(11-14-28)41(55)24-8-6-5-7-9-24/h5-15,17-20,22,30,32-33,39-40,56H,16,21H2,1-4H3/t30-,32+,33-,39-,40-,48+/m0/s1. The maximum atomic E-state index is 15.3. The molecule has 3 fully saturated rings. The fourth-order valence-corrected chi connectivity index (χ4v) is 12.1. The number of allylic oxidation sites excluding steroid dienone is 2. The number of imide groups is 2. The Morgan fingerprint density at radius 1 is 0.887 bits per heavy atom. The summed E-state index contributed by atoms with van der Waals surface area (Å²) < 4.78 is 8.09. The number of anilines is 2. The molecule has 4 aromatic carbocycles. The van der Waals surface area contributed by atoms with Crippen LogP contribution in [0.2, 0.25) is 10.0 Å². The van der Waals surface area contributed by atoms with E-state index in [9.17, 15) is 19.5 Å². The minimum Gasteiger partial charge on any atom is -0.503 e. The number of nitrogens with zero attached hydrogens (tertiary/aromatic N) is 4. The largest absolute Gasteiger partial charge is 0.503 e. The number of hydrogen-bond acceptors (Lipinski definition) is 9. The summed E-state index contributed by atoms with van der Waals surface area (Å²) in [5.41, 5.74) is 2.72. The van der Waals surface area contributed by atoms with Gasteiger partial charge in [0.05, 0.1) is 45.9 Å². The summed E-state index contributed by atoms with van der Waals surface area (Å²) in [5, 5.41) is 17.2. The van der Waals surface area contributed by atoms with Crippen molar-refractivity contribution in [3.05, 3.63) is 135 Å². The van der Waals surface area contributed by atoms with Crippen molar-refractivity contribution < 1.29 is 33.8 Å². The van der Waals surface area contributed by atoms with E-state index in [1.54, 1.807) is 92.0 Å². The molecule has 4 heterocycles. The Labute approximate surface area is 370 Å². The van der Waals surface area contributed by atoms with E-state index >= 15 is 9.59 Å². The average Bonchev–Trinajstić information content (AvgIpc) is 3.94. The number of methoxy groups -OCH3 is 1. The SMILES string of the molecule is COc1cc([C@H]2C3=CC[C@@H]4C(=O)N(c5ccc(C(=O)c6ccccc6)cc5)C(=O)[C@@H]4[C@@H]3C[C@H]3C(=O)N(c4cc(-c5sc6ccc(Cl)cc6c5C)nn4C)C(=O)[C@@]23C)cc(Cl)c1O. The molecule has 10 rings (SSSR count). The van der Waals surface area contributed by atoms with Crippen molar-refractivity contribution in [1.29, 1.82) is 0 Å². The first-order valence-corrected chi connectivity index (χ1v) is 21.8. The number of aromatic nitrogens is 2. The van der Waals surface area contributed by atoms with Crippen LogP contribution in [0.25, 0.3) is 20.7 Å². The lowest BCUT2D eigenvalue weighted by Gasteiger charge is -2.49. The van der Waals surface area contributed by atoms with Gasteiger partial charge in [0, 0.05) is 39.9 Å². The summed E-state index contributed by atoms with van der Waals surface area (Å²) in [6.45, 7) is 3.77. The van der Waals surface area contributed by atoms with Gasteiger partial charge in [-0.2, -0.15) is 5.10 Å². The van der Waals surface area contributed by atoms with Gasteiger partial charge in [-0.15, -0.1) is 11.3 Å². The zero-order valence-electron chi connectivity index (χ0n) is 33.9. The first-order valence-electron chi connectivity index (χ1n) is 20.2. The maximum Gasteiger partial charge on any atom is 0.242 e. The molecule has 11 nitrogen and oxygen atoms in total. The lowest BCUT2D eigenvalue weighted by molar-refractivity contribution is -0.131. The molecule has 0 radical (unpaired) electrons. The molecule has 6 aromatic rings. The highest BCUT2D eigenvalue weighted by Gasteiger charge is 2.68. The van der Waals surface area contributed by atoms with E-state index in [0.29, 0.717) is 38.9 Å². The second kappa shape index (κ2) is 14.5. The summed E-state index contributed by atoms with van der Waals surface area (Å²) in [6, 6.07) is 25.9. The zero-order chi connectivity index (χ0) is 43.5. The smallest absolute Gasteiger partial charge is 0.242 e. The van der Waals surface area contributed by atoms with Crippen LogP contribution in [0.5, 0.6) is 11.5 Å². The third-order valence-corrected chi connectivity index (χ3v) is 15.3. The number of carbonyl (C=O) groups excluding carboxylic acids is 5. The Morgan fingerprint density at radius 3 is 2.34 bits per heavy atom. The van der Waals surface area contributed by atoms with E-state index in [1.165, 1.54) is 21.6 Å². The van der Waals surface area contributed by atoms with Crippen LogP contribution in [0, 0.1) is 36.0 Å². The van der Waals surface area contributed by atoms with Crippen molar-refractivity contribution in [2.75, 3.05) is 16.9 Å². The van der Waals surface area contributed by atoms with Crippen LogP contribution in [0.3, 0.4) is 0 Å². The Bertz CT molecular complexity index is 2980. The van der Waals surface area contributed by atoms with Crippen molar-refractivity contribution in [3.63, 3.8) is 0 Å². The third kappa shape index (κ3) is 5.76. The Hall–Kier alpha value is -6.08. The Balaban J connectivity index is 1.05. The quantitative estimate of drug-likeness (QED) is 0.0952. The molecule has 2 aliphatic carbocycles. The number of phenolic OH excluding ortho intramolecular Hbond substituents is 1. The molecule has 6 atom stereocenters. The molecule has 4 amide bonds. The fourth-order valence-electron chi connectivity index (χ4n) is 10.5.